The van der Waals surface area contributed by atoms with Crippen molar-refractivity contribution in [3.63, 3.8) is 0 Å². The molecule has 101 valence electrons. The van der Waals surface area contributed by atoms with Crippen LogP contribution < -0.4 is 10.1 Å². The molecule has 0 spiro atoms. The number of rotatable bonds is 4. The van der Waals surface area contributed by atoms with Gasteiger partial charge >= 0.3 is 0 Å². The van der Waals surface area contributed by atoms with Crippen LogP contribution in [0.4, 0.5) is 8.78 Å². The van der Waals surface area contributed by atoms with Crippen LogP contribution in [0.2, 0.25) is 0 Å². The van der Waals surface area contributed by atoms with Gasteiger partial charge in [0.05, 0.1) is 0 Å². The number of carbonyl (C=O) groups is 1. The van der Waals surface area contributed by atoms with E-state index in [1.165, 1.54) is 6.07 Å². The van der Waals surface area contributed by atoms with Gasteiger partial charge in [0.15, 0.2) is 18.2 Å². The van der Waals surface area contributed by atoms with Gasteiger partial charge < -0.3 is 10.1 Å². The van der Waals surface area contributed by atoms with Crippen LogP contribution in [-0.4, -0.2) is 18.1 Å². The van der Waals surface area contributed by atoms with Crippen LogP contribution in [0.5, 0.6) is 5.75 Å². The van der Waals surface area contributed by atoms with Crippen LogP contribution in [0.1, 0.15) is 19.3 Å². The first kappa shape index (κ1) is 12.4. The first-order chi connectivity index (χ1) is 8.90. The number of hydrogen-bond acceptors (Lipinski definition) is 2. The van der Waals surface area contributed by atoms with Crippen LogP contribution >= 0.6 is 0 Å². The van der Waals surface area contributed by atoms with Gasteiger partial charge in [-0.2, -0.15) is 0 Å². The third kappa shape index (κ3) is 2.17. The fourth-order valence-corrected chi connectivity index (χ4v) is 3.18. The Morgan fingerprint density at radius 1 is 1.32 bits per heavy atom. The van der Waals surface area contributed by atoms with Crippen LogP contribution in [0.3, 0.4) is 0 Å². The van der Waals surface area contributed by atoms with Crippen molar-refractivity contribution in [3.8, 4) is 5.75 Å². The highest BCUT2D eigenvalue weighted by Gasteiger charge is 2.65. The second-order valence-electron chi connectivity index (χ2n) is 5.72. The molecule has 3 saturated carbocycles. The molecule has 5 heteroatoms. The average molecular weight is 266 g/mol. The Bertz CT molecular complexity index is 524. The van der Waals surface area contributed by atoms with E-state index in [9.17, 15) is 13.6 Å². The highest BCUT2D eigenvalue weighted by atomic mass is 19.2. The molecule has 0 saturated heterocycles. The topological polar surface area (TPSA) is 38.3 Å². The second kappa shape index (κ2) is 3.92. The predicted molar refractivity (Wildman–Crippen MR) is 64.4 cm³/mol. The lowest BCUT2D eigenvalue weighted by Gasteiger charge is -2.69. The minimum atomic E-state index is -0.990. The van der Waals surface area contributed by atoms with Crippen molar-refractivity contribution in [2.45, 2.75) is 24.8 Å². The Hall–Kier alpha value is -1.65. The summed E-state index contributed by atoms with van der Waals surface area (Å²) in [5.41, 5.74) is 0.0878. The Labute approximate surface area is 109 Å². The molecule has 1 amide bonds. The van der Waals surface area contributed by atoms with Crippen molar-refractivity contribution < 1.29 is 18.3 Å². The molecule has 19 heavy (non-hydrogen) atoms. The van der Waals surface area contributed by atoms with E-state index in [-0.39, 0.29) is 29.2 Å². The van der Waals surface area contributed by atoms with E-state index in [4.69, 9.17) is 4.74 Å². The van der Waals surface area contributed by atoms with Gasteiger partial charge in [-0.15, -0.1) is 0 Å². The molecule has 3 fully saturated rings. The molecule has 3 nitrogen and oxygen atoms in total. The molecule has 1 N–H and O–H groups in total. The van der Waals surface area contributed by atoms with Gasteiger partial charge in [0, 0.05) is 11.6 Å². The molecule has 1 aromatic rings. The standard InChI is InChI=1S/C14H14F2NO2/c1-13-6-14(7-13,8-13)17-12(18)5-19-9-2-3-10(15)11(16)4-9/h2-4H,1,5-8H2,(H,17,18). The van der Waals surface area contributed by atoms with Crippen LogP contribution in [0, 0.1) is 24.0 Å². The molecule has 2 bridgehead atoms. The minimum Gasteiger partial charge on any atom is -0.484 e. The predicted octanol–water partition coefficient (Wildman–Crippen LogP) is 2.22. The lowest BCUT2D eigenvalue weighted by molar-refractivity contribution is -0.148. The summed E-state index contributed by atoms with van der Waals surface area (Å²) in [5.74, 6) is -2.03. The molecule has 1 aromatic carbocycles. The van der Waals surface area contributed by atoms with Gasteiger partial charge in [-0.3, -0.25) is 4.79 Å². The van der Waals surface area contributed by atoms with E-state index in [0.717, 1.165) is 31.4 Å². The summed E-state index contributed by atoms with van der Waals surface area (Å²) >= 11 is 0. The van der Waals surface area contributed by atoms with Crippen molar-refractivity contribution in [2.75, 3.05) is 6.61 Å². The van der Waals surface area contributed by atoms with Crippen molar-refractivity contribution >= 4 is 5.91 Å². The molecule has 0 atom stereocenters. The Balaban J connectivity index is 1.49. The zero-order valence-corrected chi connectivity index (χ0v) is 10.3. The highest BCUT2D eigenvalue weighted by molar-refractivity contribution is 5.79. The molecule has 0 unspecified atom stereocenters. The van der Waals surface area contributed by atoms with Crippen molar-refractivity contribution in [1.82, 2.24) is 5.32 Å². The number of nitrogens with one attached hydrogen (secondary N) is 1. The van der Waals surface area contributed by atoms with Gasteiger partial charge in [0.1, 0.15) is 5.75 Å². The zero-order chi connectivity index (χ0) is 13.7. The number of carbonyl (C=O) groups excluding carboxylic acids is 1. The van der Waals surface area contributed by atoms with Crippen molar-refractivity contribution in [1.29, 1.82) is 0 Å². The summed E-state index contributed by atoms with van der Waals surface area (Å²) in [6.07, 6.45) is 2.74. The van der Waals surface area contributed by atoms with E-state index >= 15 is 0 Å². The van der Waals surface area contributed by atoms with Gasteiger partial charge in [-0.05, 0) is 43.7 Å². The van der Waals surface area contributed by atoms with Gasteiger partial charge in [-0.1, -0.05) is 0 Å². The fourth-order valence-electron chi connectivity index (χ4n) is 3.18. The normalized spacial score (nSPS) is 31.1. The average Bonchev–Trinajstić information content (AvgIpc) is 2.27. The van der Waals surface area contributed by atoms with E-state index < -0.39 is 11.6 Å². The minimum absolute atomic E-state index is 0.0871. The van der Waals surface area contributed by atoms with Crippen LogP contribution in [0.15, 0.2) is 18.2 Å². The largest absolute Gasteiger partial charge is 0.484 e. The molecule has 3 aliphatic rings. The number of halogens is 2. The van der Waals surface area contributed by atoms with Crippen molar-refractivity contribution in [3.05, 3.63) is 36.8 Å². The molecule has 0 aliphatic heterocycles. The first-order valence-electron chi connectivity index (χ1n) is 6.14. The summed E-state index contributed by atoms with van der Waals surface area (Å²) in [4.78, 5) is 11.7. The molecule has 0 heterocycles. The third-order valence-electron chi connectivity index (χ3n) is 3.81. The molecular formula is C14H14F2NO2. The summed E-state index contributed by atoms with van der Waals surface area (Å²) in [6.45, 7) is 3.85. The molecule has 1 radical (unpaired) electrons. The summed E-state index contributed by atoms with van der Waals surface area (Å²) in [7, 11) is 0. The van der Waals surface area contributed by atoms with Gasteiger partial charge in [0.2, 0.25) is 0 Å². The smallest absolute Gasteiger partial charge is 0.258 e. The molecule has 3 aliphatic carbocycles. The Morgan fingerprint density at radius 2 is 2.00 bits per heavy atom. The maximum atomic E-state index is 12.9. The quantitative estimate of drug-likeness (QED) is 0.907. The third-order valence-corrected chi connectivity index (χ3v) is 3.81. The number of amides is 1. The van der Waals surface area contributed by atoms with Crippen molar-refractivity contribution in [2.24, 2.45) is 5.41 Å². The van der Waals surface area contributed by atoms with Crippen LogP contribution in [0.25, 0.3) is 0 Å². The first-order valence-corrected chi connectivity index (χ1v) is 6.14. The maximum absolute atomic E-state index is 12.9. The SMILES string of the molecule is [CH2]C12CC(NC(=O)COc3ccc(F)c(F)c3)(C1)C2. The molecule has 0 aromatic heterocycles. The van der Waals surface area contributed by atoms with Crippen LogP contribution in [-0.2, 0) is 4.79 Å². The maximum Gasteiger partial charge on any atom is 0.258 e. The van der Waals surface area contributed by atoms with E-state index in [1.54, 1.807) is 0 Å². The lowest BCUT2D eigenvalue weighted by Crippen LogP contribution is -2.74. The van der Waals surface area contributed by atoms with E-state index in [0.29, 0.717) is 0 Å². The number of benzene rings is 1. The fraction of sp³-hybridized carbons (Fsp3) is 0.429. The van der Waals surface area contributed by atoms with E-state index in [1.807, 2.05) is 0 Å². The Morgan fingerprint density at radius 3 is 2.58 bits per heavy atom. The molecule has 4 rings (SSSR count). The number of hydrogen-bond donors (Lipinski definition) is 1. The van der Waals surface area contributed by atoms with E-state index in [2.05, 4.69) is 12.2 Å². The van der Waals surface area contributed by atoms with Gasteiger partial charge in [0.25, 0.3) is 5.91 Å². The second-order valence-corrected chi connectivity index (χ2v) is 5.72. The number of ether oxygens (including phenoxy) is 1. The zero-order valence-electron chi connectivity index (χ0n) is 10.3. The summed E-state index contributed by atoms with van der Waals surface area (Å²) in [6, 6.07) is 3.18. The monoisotopic (exact) mass is 266 g/mol. The Kier molecular flexibility index (Phi) is 2.56. The highest BCUT2D eigenvalue weighted by Crippen LogP contribution is 2.66. The van der Waals surface area contributed by atoms with Gasteiger partial charge in [-0.25, -0.2) is 8.78 Å². The summed E-state index contributed by atoms with van der Waals surface area (Å²) in [5, 5.41) is 2.91. The summed E-state index contributed by atoms with van der Waals surface area (Å²) < 4.78 is 30.7. The molecular weight excluding hydrogens is 252 g/mol. The lowest BCUT2D eigenvalue weighted by atomic mass is 9.40.